The molecule has 1 aromatic heterocycles. The zero-order chi connectivity index (χ0) is 37.3. The molecule has 3 aromatic carbocycles. The van der Waals surface area contributed by atoms with Crippen LogP contribution in [0, 0.1) is 17.1 Å². The van der Waals surface area contributed by atoms with Crippen molar-refractivity contribution in [1.82, 2.24) is 10.2 Å². The number of furan rings is 1. The summed E-state index contributed by atoms with van der Waals surface area (Å²) in [7, 11) is -3.80. The van der Waals surface area contributed by atoms with Crippen LogP contribution in [0.25, 0.3) is 33.4 Å². The molecule has 268 valence electrons. The van der Waals surface area contributed by atoms with Crippen LogP contribution >= 0.6 is 0 Å². The lowest BCUT2D eigenvalue weighted by Gasteiger charge is -2.38. The fourth-order valence-electron chi connectivity index (χ4n) is 6.19. The van der Waals surface area contributed by atoms with Crippen LogP contribution in [0.2, 0.25) is 0 Å². The number of likely N-dealkylation sites (tertiary alicyclic amines) is 1. The number of nitrogens with one attached hydrogen (secondary N) is 1. The molecule has 13 heteroatoms. The van der Waals surface area contributed by atoms with Crippen molar-refractivity contribution in [1.29, 1.82) is 5.26 Å². The molecule has 0 atom stereocenters. The topological polar surface area (TPSA) is 150 Å². The maximum Gasteiger partial charge on any atom is 0.410 e. The fourth-order valence-corrected chi connectivity index (χ4v) is 7.17. The molecule has 1 aliphatic heterocycles. The Balaban J connectivity index is 1.56. The molecule has 5 rings (SSSR count). The molecule has 1 saturated heterocycles. The van der Waals surface area contributed by atoms with E-state index in [0.29, 0.717) is 22.1 Å². The Morgan fingerprint density at radius 2 is 1.71 bits per heavy atom. The lowest BCUT2D eigenvalue weighted by Crippen LogP contribution is -2.55. The number of Topliss-reactive ketones (excluding diaryl/α,β-unsaturated/α-hetero) is 1. The van der Waals surface area contributed by atoms with E-state index < -0.39 is 39.0 Å². The van der Waals surface area contributed by atoms with Crippen LogP contribution in [0.3, 0.4) is 0 Å². The van der Waals surface area contributed by atoms with E-state index in [9.17, 15) is 32.5 Å². The molecule has 11 nitrogen and oxygen atoms in total. The van der Waals surface area contributed by atoms with E-state index in [4.69, 9.17) is 9.15 Å². The second-order valence-electron chi connectivity index (χ2n) is 13.6. The summed E-state index contributed by atoms with van der Waals surface area (Å²) in [5.41, 5.74) is 0.492. The Bertz CT molecular complexity index is 2140. The van der Waals surface area contributed by atoms with Crippen molar-refractivity contribution in [3.63, 3.8) is 0 Å². The number of fused-ring (bicyclic) bond motifs is 1. The lowest BCUT2D eigenvalue weighted by molar-refractivity contribution is 0.0176. The molecule has 1 aliphatic rings. The van der Waals surface area contributed by atoms with Gasteiger partial charge in [-0.15, -0.1) is 0 Å². The van der Waals surface area contributed by atoms with Crippen LogP contribution in [-0.2, 0) is 14.8 Å². The fraction of sp³-hybridized carbons (Fsp3) is 0.368. The van der Waals surface area contributed by atoms with Crippen LogP contribution in [0.4, 0.5) is 14.9 Å². The minimum atomic E-state index is -3.80. The zero-order valence-corrected chi connectivity index (χ0v) is 30.3. The summed E-state index contributed by atoms with van der Waals surface area (Å²) in [6.07, 6.45) is 1.14. The lowest BCUT2D eigenvalue weighted by atomic mass is 9.88. The van der Waals surface area contributed by atoms with Gasteiger partial charge in [-0.2, -0.15) is 5.26 Å². The number of benzene rings is 3. The first-order chi connectivity index (χ1) is 24.0. The van der Waals surface area contributed by atoms with Gasteiger partial charge in [-0.1, -0.05) is 19.1 Å². The normalized spacial score (nSPS) is 14.5. The third kappa shape index (κ3) is 7.91. The molecule has 0 aliphatic carbocycles. The van der Waals surface area contributed by atoms with Gasteiger partial charge in [0.15, 0.2) is 5.78 Å². The van der Waals surface area contributed by atoms with Gasteiger partial charge in [-0.3, -0.25) is 13.9 Å². The summed E-state index contributed by atoms with van der Waals surface area (Å²) < 4.78 is 52.8. The van der Waals surface area contributed by atoms with E-state index >= 15 is 0 Å². The highest BCUT2D eigenvalue weighted by Crippen LogP contribution is 2.42. The van der Waals surface area contributed by atoms with Crippen molar-refractivity contribution in [2.45, 2.75) is 65.0 Å². The Labute approximate surface area is 297 Å². The van der Waals surface area contributed by atoms with Gasteiger partial charge < -0.3 is 19.4 Å². The molecule has 2 heterocycles. The number of nitrogens with zero attached hydrogens (tertiary/aromatic N) is 3. The van der Waals surface area contributed by atoms with Crippen molar-refractivity contribution in [3.05, 3.63) is 77.6 Å². The van der Waals surface area contributed by atoms with Crippen molar-refractivity contribution in [2.24, 2.45) is 0 Å². The number of ether oxygens (including phenoxy) is 1. The van der Waals surface area contributed by atoms with Crippen LogP contribution < -0.4 is 9.62 Å². The first-order valence-corrected chi connectivity index (χ1v) is 18.5. The molecule has 4 aromatic rings. The van der Waals surface area contributed by atoms with Gasteiger partial charge in [0.25, 0.3) is 5.91 Å². The summed E-state index contributed by atoms with van der Waals surface area (Å²) in [6, 6.07) is 17.6. The predicted molar refractivity (Wildman–Crippen MR) is 192 cm³/mol. The summed E-state index contributed by atoms with van der Waals surface area (Å²) in [4.78, 5) is 41.2. The van der Waals surface area contributed by atoms with E-state index in [1.165, 1.54) is 33.5 Å². The third-order valence-corrected chi connectivity index (χ3v) is 10.00. The largest absolute Gasteiger partial charge is 0.455 e. The Morgan fingerprint density at radius 1 is 1.04 bits per heavy atom. The monoisotopic (exact) mass is 716 g/mol. The van der Waals surface area contributed by atoms with Gasteiger partial charge >= 0.3 is 6.09 Å². The second kappa shape index (κ2) is 14.2. The zero-order valence-electron chi connectivity index (χ0n) is 29.5. The van der Waals surface area contributed by atoms with E-state index in [0.717, 1.165) is 6.26 Å². The molecule has 0 unspecified atom stereocenters. The second-order valence-corrected chi connectivity index (χ2v) is 15.5. The SMILES string of the molecule is CCC(=O)c1c(-c2ccc(F)cc2)oc2cc(N(CC)S(C)(=O)=O)c(-c3cccc(C(=O)NC4(C#N)CCN(C(=O)OC(C)(C)C)CC4)c3)cc12. The minimum Gasteiger partial charge on any atom is -0.455 e. The van der Waals surface area contributed by atoms with Crippen LogP contribution in [0.1, 0.15) is 74.6 Å². The average molecular weight is 717 g/mol. The number of ketones is 1. The number of sulfonamides is 1. The molecule has 2 amide bonds. The van der Waals surface area contributed by atoms with Crippen molar-refractivity contribution in [3.8, 4) is 28.5 Å². The molecule has 0 spiro atoms. The first kappa shape index (κ1) is 37.0. The maximum absolute atomic E-state index is 13.8. The standard InChI is InChI=1S/C38H41FN4O7S/c1-7-31(44)33-29-21-28(30(43(8-2)51(6,47)48)22-32(29)49-34(33)24-12-14-27(39)15-13-24)25-10-9-11-26(20-25)35(45)41-38(23-40)16-18-42(19-17-38)36(46)50-37(3,4)5/h9-15,20-22H,7-8,16-19H2,1-6H3,(H,41,45). The van der Waals surface area contributed by atoms with E-state index in [1.54, 1.807) is 71.0 Å². The number of carbonyl (C=O) groups is 3. The number of rotatable bonds is 9. The highest BCUT2D eigenvalue weighted by molar-refractivity contribution is 7.92. The molecular weight excluding hydrogens is 676 g/mol. The summed E-state index contributed by atoms with van der Waals surface area (Å²) in [6.45, 7) is 9.23. The van der Waals surface area contributed by atoms with Gasteiger partial charge in [0.05, 0.1) is 23.6 Å². The van der Waals surface area contributed by atoms with Gasteiger partial charge in [-0.25, -0.2) is 17.6 Å². The number of piperidine rings is 1. The average Bonchev–Trinajstić information content (AvgIpc) is 3.45. The van der Waals surface area contributed by atoms with Gasteiger partial charge in [0.1, 0.15) is 28.3 Å². The van der Waals surface area contributed by atoms with Crippen molar-refractivity contribution >= 4 is 44.5 Å². The molecule has 0 saturated carbocycles. The Hall–Kier alpha value is -5.22. The van der Waals surface area contributed by atoms with Gasteiger partial charge in [0.2, 0.25) is 10.0 Å². The quantitative estimate of drug-likeness (QED) is 0.177. The molecule has 1 fully saturated rings. The van der Waals surface area contributed by atoms with E-state index in [-0.39, 0.29) is 72.8 Å². The highest BCUT2D eigenvalue weighted by atomic mass is 32.2. The molecule has 0 radical (unpaired) electrons. The smallest absolute Gasteiger partial charge is 0.410 e. The van der Waals surface area contributed by atoms with E-state index in [1.807, 2.05) is 0 Å². The predicted octanol–water partition coefficient (Wildman–Crippen LogP) is 7.31. The van der Waals surface area contributed by atoms with Gasteiger partial charge in [0, 0.05) is 67.0 Å². The maximum atomic E-state index is 13.8. The summed E-state index contributed by atoms with van der Waals surface area (Å²) in [5.74, 6) is -0.971. The van der Waals surface area contributed by atoms with Crippen LogP contribution in [0.5, 0.6) is 0 Å². The minimum absolute atomic E-state index is 0.0782. The highest BCUT2D eigenvalue weighted by Gasteiger charge is 2.39. The van der Waals surface area contributed by atoms with Crippen molar-refractivity contribution in [2.75, 3.05) is 30.2 Å². The number of anilines is 1. The summed E-state index contributed by atoms with van der Waals surface area (Å²) in [5, 5.41) is 13.5. The third-order valence-electron chi connectivity index (χ3n) is 8.74. The Kier molecular flexibility index (Phi) is 10.3. The first-order valence-electron chi connectivity index (χ1n) is 16.7. The number of hydrogen-bond acceptors (Lipinski definition) is 8. The summed E-state index contributed by atoms with van der Waals surface area (Å²) >= 11 is 0. The molecular formula is C38H41FN4O7S. The van der Waals surface area contributed by atoms with Gasteiger partial charge in [-0.05, 0) is 75.7 Å². The number of carbonyl (C=O) groups excluding carboxylic acids is 3. The number of hydrogen-bond donors (Lipinski definition) is 1. The number of nitriles is 1. The van der Waals surface area contributed by atoms with E-state index in [2.05, 4.69) is 11.4 Å². The molecule has 0 bridgehead atoms. The number of halogens is 1. The molecule has 1 N–H and O–H groups in total. The van der Waals surface area contributed by atoms with Crippen LogP contribution in [0.15, 0.2) is 65.1 Å². The Morgan fingerprint density at radius 3 is 2.27 bits per heavy atom. The number of amides is 2. The van der Waals surface area contributed by atoms with Crippen molar-refractivity contribution < 1.29 is 36.3 Å². The van der Waals surface area contributed by atoms with Crippen LogP contribution in [-0.4, -0.2) is 68.1 Å². The molecule has 51 heavy (non-hydrogen) atoms.